The van der Waals surface area contributed by atoms with E-state index in [2.05, 4.69) is 52.2 Å². The molecule has 0 fully saturated rings. The molecule has 336 valence electrons. The minimum atomic E-state index is -2.53. The molecule has 2 N–H and O–H groups in total. The van der Waals surface area contributed by atoms with E-state index in [4.69, 9.17) is 23.1 Å². The van der Waals surface area contributed by atoms with Crippen molar-refractivity contribution in [1.82, 2.24) is 10.6 Å². The van der Waals surface area contributed by atoms with Gasteiger partial charge in [-0.3, -0.25) is 0 Å². The molecule has 0 bridgehead atoms. The minimum Gasteiger partial charge on any atom is -0.449 e. The van der Waals surface area contributed by atoms with Crippen LogP contribution in [0.15, 0.2) is 97.1 Å². The van der Waals surface area contributed by atoms with Crippen LogP contribution in [0.3, 0.4) is 0 Å². The van der Waals surface area contributed by atoms with Crippen LogP contribution in [0.5, 0.6) is 0 Å². The van der Waals surface area contributed by atoms with Gasteiger partial charge in [-0.25, -0.2) is 19.2 Å². The average molecular weight is 893 g/mol. The zero-order chi connectivity index (χ0) is 46.1. The highest BCUT2D eigenvalue weighted by atomic mass is 28.4. The summed E-state index contributed by atoms with van der Waals surface area (Å²) in [5.41, 5.74) is 8.44. The van der Waals surface area contributed by atoms with E-state index in [9.17, 15) is 19.2 Å². The van der Waals surface area contributed by atoms with Crippen LogP contribution >= 0.6 is 0 Å². The fourth-order valence-corrected chi connectivity index (χ4v) is 10.8. The summed E-state index contributed by atoms with van der Waals surface area (Å²) in [5, 5.41) is 4.86. The molecular weight excluding hydrogens is 829 g/mol. The number of alkyl carbamates (subject to hydrolysis) is 2. The van der Waals surface area contributed by atoms with Crippen molar-refractivity contribution in [1.29, 1.82) is 0 Å². The van der Waals surface area contributed by atoms with Gasteiger partial charge in [0.15, 0.2) is 28.7 Å². The van der Waals surface area contributed by atoms with Crippen molar-refractivity contribution in [2.45, 2.75) is 128 Å². The zero-order valence-corrected chi connectivity index (χ0v) is 40.8. The summed E-state index contributed by atoms with van der Waals surface area (Å²) >= 11 is 0. The van der Waals surface area contributed by atoms with Crippen molar-refractivity contribution in [3.63, 3.8) is 0 Å². The lowest BCUT2D eigenvalue weighted by Gasteiger charge is -2.40. The summed E-state index contributed by atoms with van der Waals surface area (Å²) in [6.45, 7) is 23.8. The van der Waals surface area contributed by atoms with E-state index in [0.29, 0.717) is 0 Å². The molecule has 2 amide bonds. The van der Waals surface area contributed by atoms with Crippen molar-refractivity contribution >= 4 is 40.8 Å². The summed E-state index contributed by atoms with van der Waals surface area (Å²) < 4.78 is 30.5. The van der Waals surface area contributed by atoms with Gasteiger partial charge in [-0.05, 0) is 94.6 Å². The topological polar surface area (TPSA) is 138 Å². The van der Waals surface area contributed by atoms with E-state index in [0.717, 1.165) is 44.5 Å². The van der Waals surface area contributed by atoms with Crippen LogP contribution in [0, 0.1) is 0 Å². The number of hydrogen-bond donors (Lipinski definition) is 2. The molecule has 0 radical (unpaired) electrons. The van der Waals surface area contributed by atoms with Crippen molar-refractivity contribution in [2.75, 3.05) is 13.2 Å². The summed E-state index contributed by atoms with van der Waals surface area (Å²) in [6.07, 6.45) is -3.61. The number of fused-ring (bicyclic) bond motifs is 6. The second-order valence-electron chi connectivity index (χ2n) is 19.8. The van der Waals surface area contributed by atoms with Gasteiger partial charge in [0.1, 0.15) is 13.2 Å². The first-order valence-corrected chi connectivity index (χ1v) is 27.7. The van der Waals surface area contributed by atoms with Gasteiger partial charge in [0, 0.05) is 11.8 Å². The maximum absolute atomic E-state index is 14.3. The maximum atomic E-state index is 14.3. The Labute approximate surface area is 374 Å². The predicted octanol–water partition coefficient (Wildman–Crippen LogP) is 10.7. The lowest BCUT2D eigenvalue weighted by molar-refractivity contribution is -0.165. The largest absolute Gasteiger partial charge is 0.449 e. The quantitative estimate of drug-likeness (QED) is 0.0548. The monoisotopic (exact) mass is 892 g/mol. The number of rotatable bonds is 14. The summed E-state index contributed by atoms with van der Waals surface area (Å²) in [5.74, 6) is -2.58. The van der Waals surface area contributed by atoms with Crippen LogP contribution < -0.4 is 10.6 Å². The maximum Gasteiger partial charge on any atom is 0.407 e. The van der Waals surface area contributed by atoms with Gasteiger partial charge in [0.05, 0.1) is 12.2 Å². The number of ether oxygens (including phenoxy) is 3. The average Bonchev–Trinajstić information content (AvgIpc) is 3.71. The molecule has 4 atom stereocenters. The zero-order valence-electron chi connectivity index (χ0n) is 38.8. The fraction of sp³-hybridized carbons (Fsp3) is 0.440. The molecule has 0 saturated carbocycles. The highest BCUT2D eigenvalue weighted by Gasteiger charge is 2.45. The van der Waals surface area contributed by atoms with Crippen molar-refractivity contribution < 1.29 is 42.2 Å². The lowest BCUT2D eigenvalue weighted by Crippen LogP contribution is -2.57. The minimum absolute atomic E-state index is 0.00642. The van der Waals surface area contributed by atoms with Gasteiger partial charge in [0.25, 0.3) is 0 Å². The molecule has 0 aliphatic heterocycles. The van der Waals surface area contributed by atoms with E-state index in [1.165, 1.54) is 0 Å². The number of carbonyl (C=O) groups is 4. The predicted molar refractivity (Wildman–Crippen MR) is 251 cm³/mol. The second kappa shape index (κ2) is 18.6. The van der Waals surface area contributed by atoms with E-state index >= 15 is 0 Å². The highest BCUT2D eigenvalue weighted by Crippen LogP contribution is 2.46. The summed E-state index contributed by atoms with van der Waals surface area (Å²) in [4.78, 5) is 56.0. The van der Waals surface area contributed by atoms with E-state index in [1.807, 2.05) is 123 Å². The Balaban J connectivity index is 1.21. The standard InChI is InChI=1S/C50H64N2O9Si2/c1-31(60-62(9,10)49(3,4)5)43(51-47(55)57-29-41-37-25-17-13-21-33(37)34-22-14-18-26-38(34)41)45(53)59-46(54)44(32(2)61-63(11,12)50(6,7)8)52-48(56)58-30-42-39-27-19-15-23-35(39)36-24-16-20-28-40(36)42/h13-28,31-32,41-44H,29-30H2,1-12H3,(H,51,55)(H,52,56)/t31-,32-,43+,44+/m1/s1. The molecule has 0 spiro atoms. The Kier molecular flexibility index (Phi) is 14.0. The van der Waals surface area contributed by atoms with Crippen LogP contribution in [0.1, 0.15) is 89.5 Å². The second-order valence-corrected chi connectivity index (χ2v) is 29.3. The molecular formula is C50H64N2O9Si2. The van der Waals surface area contributed by atoms with E-state index in [1.54, 1.807) is 13.8 Å². The third kappa shape index (κ3) is 10.3. The van der Waals surface area contributed by atoms with Crippen LogP contribution in [-0.4, -0.2) is 78.3 Å². The van der Waals surface area contributed by atoms with Crippen molar-refractivity contribution in [3.05, 3.63) is 119 Å². The third-order valence-electron chi connectivity index (χ3n) is 13.5. The smallest absolute Gasteiger partial charge is 0.407 e. The number of esters is 2. The summed E-state index contributed by atoms with van der Waals surface area (Å²) in [6, 6.07) is 29.1. The number of benzene rings is 4. The molecule has 2 aliphatic rings. The van der Waals surface area contributed by atoms with E-state index in [-0.39, 0.29) is 35.1 Å². The molecule has 4 aromatic rings. The normalized spacial score (nSPS) is 15.7. The van der Waals surface area contributed by atoms with Crippen molar-refractivity contribution in [2.24, 2.45) is 0 Å². The van der Waals surface area contributed by atoms with Crippen LogP contribution in [0.25, 0.3) is 22.3 Å². The van der Waals surface area contributed by atoms with Crippen molar-refractivity contribution in [3.8, 4) is 22.3 Å². The fourth-order valence-electron chi connectivity index (χ4n) is 7.92. The van der Waals surface area contributed by atoms with Gasteiger partial charge in [-0.2, -0.15) is 0 Å². The molecule has 0 aromatic heterocycles. The van der Waals surface area contributed by atoms with Crippen LogP contribution in [0.2, 0.25) is 36.3 Å². The number of hydrogen-bond acceptors (Lipinski definition) is 9. The number of amides is 2. The Hall–Kier alpha value is -5.09. The van der Waals surface area contributed by atoms with Gasteiger partial charge in [0.2, 0.25) is 0 Å². The Bertz CT molecular complexity index is 2080. The van der Waals surface area contributed by atoms with Gasteiger partial charge in [-0.1, -0.05) is 139 Å². The molecule has 0 heterocycles. The molecule has 4 aromatic carbocycles. The highest BCUT2D eigenvalue weighted by molar-refractivity contribution is 6.74. The molecule has 6 rings (SSSR count). The molecule has 2 aliphatic carbocycles. The SMILES string of the molecule is C[C@@H](O[Si](C)(C)C(C)(C)C)[C@H](NC(=O)OCC1c2ccccc2-c2ccccc21)C(=O)OC(=O)[C@@H](NC(=O)OCC1c2ccccc2-c2ccccc21)[C@@H](C)O[Si](C)(C)C(C)(C)C. The first-order chi connectivity index (χ1) is 29.5. The molecule has 11 nitrogen and oxygen atoms in total. The Morgan fingerprint density at radius 1 is 0.508 bits per heavy atom. The molecule has 13 heteroatoms. The lowest BCUT2D eigenvalue weighted by atomic mass is 9.98. The van der Waals surface area contributed by atoms with Gasteiger partial charge < -0.3 is 33.7 Å². The third-order valence-corrected chi connectivity index (χ3v) is 22.6. The summed E-state index contributed by atoms with van der Waals surface area (Å²) in [7, 11) is -5.06. The molecule has 63 heavy (non-hydrogen) atoms. The first kappa shape index (κ1) is 47.4. The van der Waals surface area contributed by atoms with Crippen LogP contribution in [-0.2, 0) is 32.7 Å². The molecule has 0 saturated heterocycles. The number of carbonyl (C=O) groups excluding carboxylic acids is 4. The van der Waals surface area contributed by atoms with E-state index < -0.39 is 65.1 Å². The molecule has 0 unspecified atom stereocenters. The van der Waals surface area contributed by atoms with Crippen LogP contribution in [0.4, 0.5) is 9.59 Å². The number of nitrogens with one attached hydrogen (secondary N) is 2. The Morgan fingerprint density at radius 2 is 0.778 bits per heavy atom. The first-order valence-electron chi connectivity index (χ1n) is 21.8. The van der Waals surface area contributed by atoms with Gasteiger partial charge in [-0.15, -0.1) is 0 Å². The Morgan fingerprint density at radius 3 is 1.05 bits per heavy atom. The van der Waals surface area contributed by atoms with Gasteiger partial charge >= 0.3 is 24.1 Å².